The lowest BCUT2D eigenvalue weighted by Gasteiger charge is -2.02. The van der Waals surface area contributed by atoms with Crippen LogP contribution in [0.1, 0.15) is 5.56 Å². The van der Waals surface area contributed by atoms with Crippen molar-refractivity contribution in [3.8, 4) is 17.1 Å². The number of aromatic hydroxyl groups is 1. The number of nitro benzene ring substituents is 1. The third-order valence-electron chi connectivity index (χ3n) is 3.24. The van der Waals surface area contributed by atoms with Gasteiger partial charge in [-0.05, 0) is 18.3 Å². The van der Waals surface area contributed by atoms with Crippen LogP contribution in [-0.4, -0.2) is 31.1 Å². The minimum Gasteiger partial charge on any atom is -0.502 e. The van der Waals surface area contributed by atoms with E-state index in [1.807, 2.05) is 30.3 Å². The number of nitrogens with one attached hydrogen (secondary N) is 1. The van der Waals surface area contributed by atoms with E-state index in [-0.39, 0.29) is 10.3 Å². The topological polar surface area (TPSA) is 109 Å². The zero-order valence-corrected chi connectivity index (χ0v) is 13.0. The zero-order chi connectivity index (χ0) is 17.1. The maximum atomic E-state index is 10.9. The minimum absolute atomic E-state index is 0.200. The number of aromatic amines is 1. The van der Waals surface area contributed by atoms with Gasteiger partial charge < -0.3 is 5.11 Å². The summed E-state index contributed by atoms with van der Waals surface area (Å²) in [4.78, 5) is 10.2. The molecule has 24 heavy (non-hydrogen) atoms. The van der Waals surface area contributed by atoms with Gasteiger partial charge in [0.2, 0.25) is 10.5 Å². The summed E-state index contributed by atoms with van der Waals surface area (Å²) < 4.78 is 1.64. The van der Waals surface area contributed by atoms with Crippen molar-refractivity contribution in [3.05, 3.63) is 69.0 Å². The lowest BCUT2D eigenvalue weighted by Crippen LogP contribution is -1.96. The Morgan fingerprint density at radius 2 is 2.00 bits per heavy atom. The molecule has 9 heteroatoms. The molecule has 0 radical (unpaired) electrons. The van der Waals surface area contributed by atoms with Crippen molar-refractivity contribution in [1.29, 1.82) is 0 Å². The summed E-state index contributed by atoms with van der Waals surface area (Å²) in [6.45, 7) is 0. The zero-order valence-electron chi connectivity index (χ0n) is 12.2. The highest BCUT2D eigenvalue weighted by molar-refractivity contribution is 7.71. The van der Waals surface area contributed by atoms with Crippen LogP contribution in [0, 0.1) is 14.9 Å². The fourth-order valence-corrected chi connectivity index (χ4v) is 2.27. The molecule has 0 saturated carbocycles. The fraction of sp³-hybridized carbons (Fsp3) is 0. The van der Waals surface area contributed by atoms with Gasteiger partial charge >= 0.3 is 5.69 Å². The number of phenolic OH excluding ortho intramolecular Hbond substituents is 1. The predicted octanol–water partition coefficient (Wildman–Crippen LogP) is 3.10. The highest BCUT2D eigenvalue weighted by Crippen LogP contribution is 2.28. The SMILES string of the molecule is O=[N+]([O-])c1cccc(/C=N/n2c(-c3ccccc3)n[nH]c2=S)c1O. The van der Waals surface area contributed by atoms with Crippen LogP contribution in [0.25, 0.3) is 11.4 Å². The number of nitro groups is 1. The molecule has 3 rings (SSSR count). The Labute approximate surface area is 140 Å². The molecular weight excluding hydrogens is 330 g/mol. The van der Waals surface area contributed by atoms with Gasteiger partial charge in [-0.3, -0.25) is 10.1 Å². The van der Waals surface area contributed by atoms with Gasteiger partial charge in [-0.15, -0.1) is 0 Å². The number of aromatic nitrogens is 3. The molecule has 3 aromatic rings. The molecule has 0 atom stereocenters. The number of H-pyrrole nitrogens is 1. The second kappa shape index (κ2) is 6.42. The van der Waals surface area contributed by atoms with Crippen LogP contribution in [-0.2, 0) is 0 Å². The Morgan fingerprint density at radius 3 is 2.71 bits per heavy atom. The van der Waals surface area contributed by atoms with E-state index in [1.54, 1.807) is 0 Å². The summed E-state index contributed by atoms with van der Waals surface area (Å²) >= 11 is 5.15. The van der Waals surface area contributed by atoms with Crippen molar-refractivity contribution in [2.24, 2.45) is 5.10 Å². The van der Waals surface area contributed by atoms with E-state index in [2.05, 4.69) is 15.3 Å². The molecule has 0 aliphatic heterocycles. The molecule has 0 fully saturated rings. The molecule has 0 spiro atoms. The highest BCUT2D eigenvalue weighted by atomic mass is 32.1. The monoisotopic (exact) mass is 341 g/mol. The van der Waals surface area contributed by atoms with E-state index in [1.165, 1.54) is 29.1 Å². The molecule has 2 N–H and O–H groups in total. The Hall–Kier alpha value is -3.33. The van der Waals surface area contributed by atoms with Crippen LogP contribution in [0.5, 0.6) is 5.75 Å². The molecular formula is C15H11N5O3S. The number of para-hydroxylation sites is 1. The minimum atomic E-state index is -0.661. The Kier molecular flexibility index (Phi) is 4.17. The summed E-state index contributed by atoms with van der Waals surface area (Å²) in [5, 5.41) is 31.8. The van der Waals surface area contributed by atoms with Crippen LogP contribution in [0.4, 0.5) is 5.69 Å². The van der Waals surface area contributed by atoms with E-state index >= 15 is 0 Å². The second-order valence-electron chi connectivity index (χ2n) is 4.75. The first-order chi connectivity index (χ1) is 11.6. The summed E-state index contributed by atoms with van der Waals surface area (Å²) in [5.41, 5.74) is 0.606. The summed E-state index contributed by atoms with van der Waals surface area (Å²) in [7, 11) is 0. The third-order valence-corrected chi connectivity index (χ3v) is 3.50. The number of hydrogen-bond acceptors (Lipinski definition) is 6. The fourth-order valence-electron chi connectivity index (χ4n) is 2.09. The van der Waals surface area contributed by atoms with E-state index < -0.39 is 16.4 Å². The van der Waals surface area contributed by atoms with Gasteiger partial charge in [-0.1, -0.05) is 36.4 Å². The largest absolute Gasteiger partial charge is 0.502 e. The maximum Gasteiger partial charge on any atom is 0.311 e. The Balaban J connectivity index is 2.03. The molecule has 0 saturated heterocycles. The van der Waals surface area contributed by atoms with Crippen LogP contribution >= 0.6 is 12.2 Å². The maximum absolute atomic E-state index is 10.9. The van der Waals surface area contributed by atoms with Crippen molar-refractivity contribution < 1.29 is 10.0 Å². The molecule has 0 bridgehead atoms. The molecule has 0 unspecified atom stereocenters. The molecule has 0 amide bonds. The predicted molar refractivity (Wildman–Crippen MR) is 90.6 cm³/mol. The normalized spacial score (nSPS) is 11.0. The Morgan fingerprint density at radius 1 is 1.25 bits per heavy atom. The average Bonchev–Trinajstić information content (AvgIpc) is 2.95. The molecule has 2 aromatic carbocycles. The van der Waals surface area contributed by atoms with Gasteiger partial charge in [0.05, 0.1) is 11.1 Å². The Bertz CT molecular complexity index is 978. The molecule has 1 aromatic heterocycles. The van der Waals surface area contributed by atoms with Crippen LogP contribution < -0.4 is 0 Å². The molecule has 0 aliphatic rings. The van der Waals surface area contributed by atoms with Crippen LogP contribution in [0.2, 0.25) is 0 Å². The summed E-state index contributed by atoms with van der Waals surface area (Å²) in [6.07, 6.45) is 1.29. The van der Waals surface area contributed by atoms with Gasteiger partial charge in [0.15, 0.2) is 5.82 Å². The first kappa shape index (κ1) is 15.6. The van der Waals surface area contributed by atoms with Crippen molar-refractivity contribution in [2.75, 3.05) is 0 Å². The first-order valence-electron chi connectivity index (χ1n) is 6.81. The summed E-state index contributed by atoms with van der Waals surface area (Å²) in [5.74, 6) is 0.0318. The molecule has 120 valence electrons. The third kappa shape index (κ3) is 2.92. The average molecular weight is 341 g/mol. The molecule has 8 nitrogen and oxygen atoms in total. The number of nitrogens with zero attached hydrogens (tertiary/aromatic N) is 4. The molecule has 0 aliphatic carbocycles. The van der Waals surface area contributed by atoms with Crippen LogP contribution in [0.15, 0.2) is 53.6 Å². The van der Waals surface area contributed by atoms with Gasteiger partial charge in [0, 0.05) is 17.2 Å². The van der Waals surface area contributed by atoms with Gasteiger partial charge in [0.1, 0.15) is 0 Å². The van der Waals surface area contributed by atoms with Gasteiger partial charge in [0.25, 0.3) is 0 Å². The van der Waals surface area contributed by atoms with Crippen molar-refractivity contribution in [1.82, 2.24) is 14.9 Å². The van der Waals surface area contributed by atoms with Gasteiger partial charge in [-0.2, -0.15) is 14.9 Å². The van der Waals surface area contributed by atoms with Crippen molar-refractivity contribution in [2.45, 2.75) is 0 Å². The number of hydrogen-bond donors (Lipinski definition) is 2. The number of rotatable bonds is 4. The van der Waals surface area contributed by atoms with Crippen LogP contribution in [0.3, 0.4) is 0 Å². The van der Waals surface area contributed by atoms with E-state index in [9.17, 15) is 15.2 Å². The second-order valence-corrected chi connectivity index (χ2v) is 5.13. The smallest absolute Gasteiger partial charge is 0.311 e. The lowest BCUT2D eigenvalue weighted by atomic mass is 10.2. The molecule has 1 heterocycles. The quantitative estimate of drug-likeness (QED) is 0.328. The number of benzene rings is 2. The summed E-state index contributed by atoms with van der Waals surface area (Å²) in [6, 6.07) is 13.5. The number of phenols is 1. The van der Waals surface area contributed by atoms with Gasteiger partial charge in [-0.25, -0.2) is 5.10 Å². The first-order valence-corrected chi connectivity index (χ1v) is 7.22. The van der Waals surface area contributed by atoms with E-state index in [0.717, 1.165) is 5.56 Å². The van der Waals surface area contributed by atoms with E-state index in [0.29, 0.717) is 5.82 Å². The lowest BCUT2D eigenvalue weighted by molar-refractivity contribution is -0.385. The van der Waals surface area contributed by atoms with Crippen molar-refractivity contribution >= 4 is 24.1 Å². The standard InChI is InChI=1S/C15H11N5O3S/c21-13-11(7-4-8-12(13)20(22)23)9-16-19-14(17-18-15(19)24)10-5-2-1-3-6-10/h1-9,21H,(H,18,24)/b16-9+. The highest BCUT2D eigenvalue weighted by Gasteiger charge is 2.15. The van der Waals surface area contributed by atoms with E-state index in [4.69, 9.17) is 12.2 Å². The van der Waals surface area contributed by atoms with Crippen molar-refractivity contribution in [3.63, 3.8) is 0 Å².